The summed E-state index contributed by atoms with van der Waals surface area (Å²) in [6, 6.07) is 0.656. The maximum Gasteiger partial charge on any atom is 0.304 e. The van der Waals surface area contributed by atoms with Crippen molar-refractivity contribution in [3.8, 4) is 0 Å². The lowest BCUT2D eigenvalue weighted by molar-refractivity contribution is -0.155. The van der Waals surface area contributed by atoms with E-state index in [1.54, 1.807) is 0 Å². The topological polar surface area (TPSA) is 59.0 Å². The van der Waals surface area contributed by atoms with Crippen LogP contribution in [0, 0.1) is 0 Å². The zero-order valence-corrected chi connectivity index (χ0v) is 13.3. The molecule has 21 heavy (non-hydrogen) atoms. The van der Waals surface area contributed by atoms with Crippen LogP contribution in [0.25, 0.3) is 0 Å². The molecule has 3 rings (SSSR count). The van der Waals surface area contributed by atoms with Crippen LogP contribution < -0.4 is 0 Å². The summed E-state index contributed by atoms with van der Waals surface area (Å²) in [6.07, 6.45) is 4.30. The third-order valence-corrected chi connectivity index (χ3v) is 6.12. The van der Waals surface area contributed by atoms with E-state index < -0.39 is 5.97 Å². The fourth-order valence-electron chi connectivity index (χ4n) is 3.90. The lowest BCUT2D eigenvalue weighted by Gasteiger charge is -2.49. The van der Waals surface area contributed by atoms with Gasteiger partial charge in [-0.25, -0.2) is 0 Å². The Morgan fingerprint density at radius 2 is 2.14 bits per heavy atom. The Morgan fingerprint density at radius 1 is 1.33 bits per heavy atom. The first-order chi connectivity index (χ1) is 10.2. The molecule has 5 nitrogen and oxygen atoms in total. The van der Waals surface area contributed by atoms with Crippen molar-refractivity contribution in [3.05, 3.63) is 0 Å². The molecule has 0 aromatic rings. The van der Waals surface area contributed by atoms with Gasteiger partial charge >= 0.3 is 5.97 Å². The monoisotopic (exact) mass is 315 g/mol. The second-order valence-electron chi connectivity index (χ2n) is 6.35. The fraction of sp³-hybridized carbons (Fsp3) is 0.933. The molecule has 0 saturated carbocycles. The van der Waals surface area contributed by atoms with Crippen molar-refractivity contribution in [2.75, 3.05) is 37.9 Å². The summed E-state index contributed by atoms with van der Waals surface area (Å²) in [5.74, 6) is 1.38. The van der Waals surface area contributed by atoms with Gasteiger partial charge in [0.2, 0.25) is 0 Å². The highest BCUT2D eigenvalue weighted by molar-refractivity contribution is 7.99. The number of hydrogen-bond acceptors (Lipinski definition) is 5. The number of carboxylic acids is 1. The van der Waals surface area contributed by atoms with Gasteiger partial charge in [0.05, 0.1) is 12.0 Å². The molecule has 0 aromatic carbocycles. The number of hydrogen-bond donors (Lipinski definition) is 1. The maximum atomic E-state index is 11.1. The maximum absolute atomic E-state index is 11.1. The minimum absolute atomic E-state index is 0.0144. The normalized spacial score (nSPS) is 33.9. The summed E-state index contributed by atoms with van der Waals surface area (Å²) in [7, 11) is 0. The number of ether oxygens (including phenoxy) is 2. The van der Waals surface area contributed by atoms with Crippen molar-refractivity contribution in [3.63, 3.8) is 0 Å². The van der Waals surface area contributed by atoms with Gasteiger partial charge in [0, 0.05) is 50.0 Å². The van der Waals surface area contributed by atoms with Crippen molar-refractivity contribution in [2.24, 2.45) is 0 Å². The number of carboxylic acid groups (broad SMARTS) is 1. The van der Waals surface area contributed by atoms with E-state index in [2.05, 4.69) is 4.90 Å². The molecule has 1 N–H and O–H groups in total. The molecule has 6 heteroatoms. The Morgan fingerprint density at radius 3 is 2.90 bits per heavy atom. The standard InChI is InChI=1S/C15H25NO4S/c17-14(18)9-13-11-21-8-4-16(13)12-1-5-20-15(10-12)2-6-19-7-3-15/h12-13H,1-11H2,(H,17,18). The molecule has 0 amide bonds. The zero-order valence-electron chi connectivity index (χ0n) is 12.5. The highest BCUT2D eigenvalue weighted by atomic mass is 32.2. The van der Waals surface area contributed by atoms with E-state index in [9.17, 15) is 4.79 Å². The van der Waals surface area contributed by atoms with E-state index in [0.29, 0.717) is 6.04 Å². The van der Waals surface area contributed by atoms with E-state index in [4.69, 9.17) is 14.6 Å². The van der Waals surface area contributed by atoms with Gasteiger partial charge in [-0.05, 0) is 25.7 Å². The van der Waals surface area contributed by atoms with Crippen LogP contribution in [0.3, 0.4) is 0 Å². The number of carbonyl (C=O) groups is 1. The first-order valence-electron chi connectivity index (χ1n) is 7.96. The molecule has 0 bridgehead atoms. The predicted molar refractivity (Wildman–Crippen MR) is 81.8 cm³/mol. The molecule has 1 spiro atoms. The van der Waals surface area contributed by atoms with Gasteiger partial charge in [-0.15, -0.1) is 0 Å². The van der Waals surface area contributed by atoms with Crippen LogP contribution in [-0.4, -0.2) is 71.5 Å². The summed E-state index contributed by atoms with van der Waals surface area (Å²) in [6.45, 7) is 3.40. The van der Waals surface area contributed by atoms with Gasteiger partial charge in [0.25, 0.3) is 0 Å². The van der Waals surface area contributed by atoms with Crippen molar-refractivity contribution in [2.45, 2.75) is 49.8 Å². The average molecular weight is 315 g/mol. The molecule has 0 radical (unpaired) electrons. The summed E-state index contributed by atoms with van der Waals surface area (Å²) in [4.78, 5) is 13.6. The van der Waals surface area contributed by atoms with Gasteiger partial charge in [-0.2, -0.15) is 11.8 Å². The molecule has 0 aliphatic carbocycles. The molecule has 3 fully saturated rings. The smallest absolute Gasteiger partial charge is 0.304 e. The SMILES string of the molecule is O=C(O)CC1CSCCN1C1CCOC2(CCOCC2)C1. The van der Waals surface area contributed by atoms with Crippen LogP contribution >= 0.6 is 11.8 Å². The molecular weight excluding hydrogens is 290 g/mol. The van der Waals surface area contributed by atoms with Crippen molar-refractivity contribution in [1.29, 1.82) is 0 Å². The Kier molecular flexibility index (Phi) is 5.09. The molecular formula is C15H25NO4S. The highest BCUT2D eigenvalue weighted by Gasteiger charge is 2.42. The third-order valence-electron chi connectivity index (χ3n) is 5.02. The summed E-state index contributed by atoms with van der Waals surface area (Å²) in [5.41, 5.74) is -0.0144. The van der Waals surface area contributed by atoms with Gasteiger partial charge in [-0.3, -0.25) is 9.69 Å². The van der Waals surface area contributed by atoms with Crippen molar-refractivity contribution in [1.82, 2.24) is 4.90 Å². The third kappa shape index (κ3) is 3.73. The lowest BCUT2D eigenvalue weighted by atomic mass is 9.83. The highest BCUT2D eigenvalue weighted by Crippen LogP contribution is 2.37. The second-order valence-corrected chi connectivity index (χ2v) is 7.50. The quantitative estimate of drug-likeness (QED) is 0.854. The Hall–Kier alpha value is -0.300. The van der Waals surface area contributed by atoms with Crippen LogP contribution in [0.1, 0.15) is 32.1 Å². The lowest BCUT2D eigenvalue weighted by Crippen LogP contribution is -2.56. The summed E-state index contributed by atoms with van der Waals surface area (Å²) >= 11 is 1.88. The molecule has 2 unspecified atom stereocenters. The molecule has 3 heterocycles. The number of nitrogens with zero attached hydrogens (tertiary/aromatic N) is 1. The largest absolute Gasteiger partial charge is 0.481 e. The number of aliphatic carboxylic acids is 1. The first-order valence-corrected chi connectivity index (χ1v) is 9.11. The molecule has 0 aromatic heterocycles. The van der Waals surface area contributed by atoms with Crippen molar-refractivity contribution < 1.29 is 19.4 Å². The Balaban J connectivity index is 1.67. The van der Waals surface area contributed by atoms with Crippen LogP contribution in [0.5, 0.6) is 0 Å². The molecule has 3 aliphatic rings. The van der Waals surface area contributed by atoms with Gasteiger partial charge < -0.3 is 14.6 Å². The number of thioether (sulfide) groups is 1. The molecule has 3 saturated heterocycles. The van der Waals surface area contributed by atoms with E-state index in [1.807, 2.05) is 11.8 Å². The first kappa shape index (κ1) is 15.6. The van der Waals surface area contributed by atoms with Gasteiger partial charge in [0.15, 0.2) is 0 Å². The Bertz CT molecular complexity index is 367. The van der Waals surface area contributed by atoms with E-state index in [1.165, 1.54) is 0 Å². The number of rotatable bonds is 3. The van der Waals surface area contributed by atoms with Crippen LogP contribution in [0.4, 0.5) is 0 Å². The second kappa shape index (κ2) is 6.86. The van der Waals surface area contributed by atoms with Crippen LogP contribution in [0.2, 0.25) is 0 Å². The Labute approximate surface area is 130 Å². The molecule has 3 aliphatic heterocycles. The van der Waals surface area contributed by atoms with Crippen LogP contribution in [0.15, 0.2) is 0 Å². The van der Waals surface area contributed by atoms with E-state index in [-0.39, 0.29) is 18.1 Å². The van der Waals surface area contributed by atoms with E-state index >= 15 is 0 Å². The van der Waals surface area contributed by atoms with Crippen molar-refractivity contribution >= 4 is 17.7 Å². The van der Waals surface area contributed by atoms with Crippen LogP contribution in [-0.2, 0) is 14.3 Å². The minimum Gasteiger partial charge on any atom is -0.481 e. The fourth-order valence-corrected chi connectivity index (χ4v) is 4.99. The molecule has 120 valence electrons. The van der Waals surface area contributed by atoms with Gasteiger partial charge in [-0.1, -0.05) is 0 Å². The van der Waals surface area contributed by atoms with Gasteiger partial charge in [0.1, 0.15) is 0 Å². The predicted octanol–water partition coefficient (Wildman–Crippen LogP) is 1.61. The van der Waals surface area contributed by atoms with E-state index in [0.717, 1.165) is 63.6 Å². The average Bonchev–Trinajstić information content (AvgIpc) is 2.48. The summed E-state index contributed by atoms with van der Waals surface area (Å²) in [5, 5.41) is 9.15. The zero-order chi connectivity index (χ0) is 14.7. The summed E-state index contributed by atoms with van der Waals surface area (Å²) < 4.78 is 11.6. The minimum atomic E-state index is -0.680. The molecule has 2 atom stereocenters.